The topological polar surface area (TPSA) is 116 Å². The first-order chi connectivity index (χ1) is 17.9. The molecule has 37 heavy (non-hydrogen) atoms. The highest BCUT2D eigenvalue weighted by atomic mass is 32.1. The Morgan fingerprint density at radius 1 is 1.22 bits per heavy atom. The zero-order valence-corrected chi connectivity index (χ0v) is 21.9. The fourth-order valence-corrected chi connectivity index (χ4v) is 6.23. The van der Waals surface area contributed by atoms with Gasteiger partial charge in [-0.2, -0.15) is 0 Å². The molecule has 3 aromatic rings. The summed E-state index contributed by atoms with van der Waals surface area (Å²) in [7, 11) is 1.88. The minimum Gasteiger partial charge on any atom is -0.506 e. The molecule has 1 fully saturated rings. The van der Waals surface area contributed by atoms with E-state index in [0.717, 1.165) is 70.0 Å². The molecule has 5 rings (SSSR count). The number of aryl methyl sites for hydroxylation is 1. The Morgan fingerprint density at radius 3 is 2.73 bits per heavy atom. The van der Waals surface area contributed by atoms with Crippen LogP contribution in [-0.4, -0.2) is 40.3 Å². The summed E-state index contributed by atoms with van der Waals surface area (Å²) in [6, 6.07) is 11.4. The Morgan fingerprint density at radius 2 is 2.03 bits per heavy atom. The van der Waals surface area contributed by atoms with Gasteiger partial charge in [-0.3, -0.25) is 9.78 Å². The van der Waals surface area contributed by atoms with Crippen LogP contribution in [0.2, 0.25) is 0 Å². The third kappa shape index (κ3) is 5.32. The van der Waals surface area contributed by atoms with E-state index in [4.69, 9.17) is 5.73 Å². The summed E-state index contributed by atoms with van der Waals surface area (Å²) >= 11 is 1.52. The molecule has 1 amide bonds. The maximum atomic E-state index is 12.8. The largest absolute Gasteiger partial charge is 0.506 e. The summed E-state index contributed by atoms with van der Waals surface area (Å²) < 4.78 is 0.845. The Hall–Kier alpha value is -3.85. The van der Waals surface area contributed by atoms with Gasteiger partial charge in [0.2, 0.25) is 5.91 Å². The van der Waals surface area contributed by atoms with Crippen LogP contribution in [0.1, 0.15) is 36.3 Å². The molecule has 2 aromatic heterocycles. The van der Waals surface area contributed by atoms with Gasteiger partial charge in [0, 0.05) is 37.6 Å². The second-order valence-electron chi connectivity index (χ2n) is 9.64. The second-order valence-corrected chi connectivity index (χ2v) is 10.7. The Bertz CT molecular complexity index is 1380. The highest BCUT2D eigenvalue weighted by Crippen LogP contribution is 2.37. The molecule has 1 saturated carbocycles. The van der Waals surface area contributed by atoms with Gasteiger partial charge in [0.1, 0.15) is 17.3 Å². The first-order valence-corrected chi connectivity index (χ1v) is 13.4. The van der Waals surface area contributed by atoms with Crippen molar-refractivity contribution in [2.24, 2.45) is 22.6 Å². The normalized spacial score (nSPS) is 21.0. The molecule has 0 atom stereocenters. The van der Waals surface area contributed by atoms with E-state index in [0.29, 0.717) is 11.8 Å². The number of pyridine rings is 1. The minimum atomic E-state index is 0.00944. The van der Waals surface area contributed by atoms with Gasteiger partial charge in [-0.15, -0.1) is 11.3 Å². The first kappa shape index (κ1) is 24.8. The van der Waals surface area contributed by atoms with E-state index < -0.39 is 0 Å². The number of amides is 1. The van der Waals surface area contributed by atoms with Gasteiger partial charge >= 0.3 is 0 Å². The van der Waals surface area contributed by atoms with Crippen molar-refractivity contribution < 1.29 is 9.90 Å². The van der Waals surface area contributed by atoms with Crippen LogP contribution in [0.4, 0.5) is 5.69 Å². The fourth-order valence-electron chi connectivity index (χ4n) is 5.10. The van der Waals surface area contributed by atoms with Crippen LogP contribution in [-0.2, 0) is 4.79 Å². The predicted octanol–water partition coefficient (Wildman–Crippen LogP) is 4.79. The molecule has 0 unspecified atom stereocenters. The number of rotatable bonds is 6. The molecule has 0 radical (unpaired) electrons. The molecule has 1 aliphatic carbocycles. The summed E-state index contributed by atoms with van der Waals surface area (Å²) in [6.45, 7) is 2.72. The summed E-state index contributed by atoms with van der Waals surface area (Å²) in [4.78, 5) is 24.6. The number of hydrogen-bond acceptors (Lipinski definition) is 8. The van der Waals surface area contributed by atoms with Gasteiger partial charge in [-0.25, -0.2) is 4.99 Å². The molecule has 0 saturated heterocycles. The van der Waals surface area contributed by atoms with Crippen LogP contribution in [0.25, 0.3) is 15.8 Å². The van der Waals surface area contributed by atoms with E-state index in [-0.39, 0.29) is 17.6 Å². The van der Waals surface area contributed by atoms with Crippen molar-refractivity contribution in [1.82, 2.24) is 15.2 Å². The molecule has 1 aliphatic heterocycles. The van der Waals surface area contributed by atoms with Crippen LogP contribution in [0.3, 0.4) is 0 Å². The summed E-state index contributed by atoms with van der Waals surface area (Å²) in [5.41, 5.74) is 9.80. The monoisotopic (exact) mass is 516 g/mol. The molecule has 192 valence electrons. The number of nitrogens with one attached hydrogen (secondary N) is 2. The van der Waals surface area contributed by atoms with Gasteiger partial charge in [-0.1, -0.05) is 12.1 Å². The molecule has 5 N–H and O–H groups in total. The lowest BCUT2D eigenvalue weighted by molar-refractivity contribution is -0.121. The van der Waals surface area contributed by atoms with Crippen molar-refractivity contribution >= 4 is 44.6 Å². The number of thiophene rings is 1. The third-order valence-corrected chi connectivity index (χ3v) is 8.29. The highest BCUT2D eigenvalue weighted by Gasteiger charge is 2.30. The number of aliphatic imine (C=N–C) groups is 1. The van der Waals surface area contributed by atoms with Crippen LogP contribution >= 0.6 is 11.3 Å². The molecular weight excluding hydrogens is 484 g/mol. The smallest absolute Gasteiger partial charge is 0.227 e. The quantitative estimate of drug-likeness (QED) is 0.375. The fraction of sp³-hybridized carbons (Fsp3) is 0.321. The maximum Gasteiger partial charge on any atom is 0.227 e. The van der Waals surface area contributed by atoms with E-state index >= 15 is 0 Å². The van der Waals surface area contributed by atoms with Crippen molar-refractivity contribution in [3.05, 3.63) is 71.3 Å². The molecule has 0 spiro atoms. The van der Waals surface area contributed by atoms with Crippen LogP contribution in [0, 0.1) is 18.8 Å². The first-order valence-electron chi connectivity index (χ1n) is 12.6. The summed E-state index contributed by atoms with van der Waals surface area (Å²) in [5, 5.41) is 17.6. The standard InChI is InChI=1S/C28H32N6O2S/c1-17-6-11-21(15-32-17)33-28(36)19-9-7-18(8-10-19)16-34-13-12-31-27(29)25(34)24(30-2)23-14-20-4-3-5-22(35)26(20)37-23/h3-6,11-15,18-19,30,35H,7-10,16H2,1-2H3,(H2,29,31)(H,33,36)/b25-24-/t18-,19-. The van der Waals surface area contributed by atoms with E-state index in [9.17, 15) is 9.90 Å². The molecule has 1 aromatic carbocycles. The number of fused-ring (bicyclic) bond motifs is 1. The van der Waals surface area contributed by atoms with Gasteiger partial charge < -0.3 is 26.4 Å². The van der Waals surface area contributed by atoms with Crippen molar-refractivity contribution in [1.29, 1.82) is 0 Å². The van der Waals surface area contributed by atoms with Gasteiger partial charge in [0.05, 0.1) is 27.2 Å². The highest BCUT2D eigenvalue weighted by molar-refractivity contribution is 7.20. The Labute approximate surface area is 220 Å². The Kier molecular flexibility index (Phi) is 7.14. The van der Waals surface area contributed by atoms with Crippen LogP contribution < -0.4 is 16.4 Å². The average Bonchev–Trinajstić information content (AvgIpc) is 3.33. The number of hydrogen-bond donors (Lipinski definition) is 4. The van der Waals surface area contributed by atoms with E-state index in [1.807, 2.05) is 44.4 Å². The third-order valence-electron chi connectivity index (χ3n) is 7.10. The molecular formula is C28H32N6O2S. The molecule has 9 heteroatoms. The van der Waals surface area contributed by atoms with Crippen molar-refractivity contribution in [2.75, 3.05) is 18.9 Å². The van der Waals surface area contributed by atoms with Gasteiger partial charge in [-0.05, 0) is 68.2 Å². The van der Waals surface area contributed by atoms with E-state index in [1.165, 1.54) is 11.3 Å². The van der Waals surface area contributed by atoms with Crippen molar-refractivity contribution in [3.63, 3.8) is 0 Å². The minimum absolute atomic E-state index is 0.00944. The zero-order valence-electron chi connectivity index (χ0n) is 21.1. The lowest BCUT2D eigenvalue weighted by atomic mass is 9.81. The maximum absolute atomic E-state index is 12.8. The number of aromatic hydroxyl groups is 1. The van der Waals surface area contributed by atoms with Crippen LogP contribution in [0.5, 0.6) is 5.75 Å². The van der Waals surface area contributed by atoms with E-state index in [2.05, 4.69) is 31.6 Å². The lowest BCUT2D eigenvalue weighted by Crippen LogP contribution is -2.37. The number of benzene rings is 1. The SMILES string of the molecule is CN/C(=C1/C(N)=NC=CN1C[C@H]1CC[C@H](C(=O)Nc2ccc(C)nc2)CC1)c1cc2cccc(O)c2s1. The Balaban J connectivity index is 1.29. The van der Waals surface area contributed by atoms with Crippen molar-refractivity contribution in [3.8, 4) is 5.75 Å². The predicted molar refractivity (Wildman–Crippen MR) is 150 cm³/mol. The number of carbonyl (C=O) groups is 1. The zero-order chi connectivity index (χ0) is 25.9. The summed E-state index contributed by atoms with van der Waals surface area (Å²) in [5.74, 6) is 1.24. The molecule has 3 heterocycles. The van der Waals surface area contributed by atoms with Gasteiger partial charge in [0.25, 0.3) is 0 Å². The number of amidine groups is 1. The lowest BCUT2D eigenvalue weighted by Gasteiger charge is -2.34. The summed E-state index contributed by atoms with van der Waals surface area (Å²) in [6.07, 6.45) is 9.04. The number of aromatic nitrogens is 1. The van der Waals surface area contributed by atoms with Crippen molar-refractivity contribution in [2.45, 2.75) is 32.6 Å². The molecule has 2 aliphatic rings. The number of nitrogens with zero attached hydrogens (tertiary/aromatic N) is 3. The number of carbonyl (C=O) groups excluding carboxylic acids is 1. The number of phenolic OH excluding ortho intramolecular Hbond substituents is 1. The molecule has 8 nitrogen and oxygen atoms in total. The average molecular weight is 517 g/mol. The van der Waals surface area contributed by atoms with Gasteiger partial charge in [0.15, 0.2) is 0 Å². The number of phenols is 1. The van der Waals surface area contributed by atoms with Crippen LogP contribution in [0.15, 0.2) is 65.7 Å². The number of anilines is 1. The molecule has 0 bridgehead atoms. The number of nitrogens with two attached hydrogens (primary N) is 1. The van der Waals surface area contributed by atoms with E-state index in [1.54, 1.807) is 18.5 Å². The second kappa shape index (κ2) is 10.6.